The lowest BCUT2D eigenvalue weighted by atomic mass is 10.1. The summed E-state index contributed by atoms with van der Waals surface area (Å²) in [4.78, 5) is 11.5. The third kappa shape index (κ3) is 3.76. The van der Waals surface area contributed by atoms with Gasteiger partial charge in [-0.05, 0) is 13.3 Å². The van der Waals surface area contributed by atoms with Gasteiger partial charge in [-0.25, -0.2) is 4.79 Å². The summed E-state index contributed by atoms with van der Waals surface area (Å²) >= 11 is 3.75. The monoisotopic (exact) mass is 246 g/mol. The summed E-state index contributed by atoms with van der Waals surface area (Å²) in [5.74, 6) is 3.87. The molecule has 1 rings (SSSR count). The number of hydrogen-bond acceptors (Lipinski definition) is 4. The van der Waals surface area contributed by atoms with Gasteiger partial charge in [-0.1, -0.05) is 13.5 Å². The van der Waals surface area contributed by atoms with Crippen LogP contribution in [0.3, 0.4) is 0 Å². The Morgan fingerprint density at radius 1 is 1.40 bits per heavy atom. The van der Waals surface area contributed by atoms with E-state index in [2.05, 4.69) is 13.5 Å². The van der Waals surface area contributed by atoms with Crippen molar-refractivity contribution in [1.82, 2.24) is 0 Å². The second-order valence-electron chi connectivity index (χ2n) is 3.81. The fourth-order valence-electron chi connectivity index (χ4n) is 1.29. The van der Waals surface area contributed by atoms with E-state index in [4.69, 9.17) is 4.74 Å². The number of carbonyl (C=O) groups excluding carboxylic acids is 1. The summed E-state index contributed by atoms with van der Waals surface area (Å²) in [5.41, 5.74) is 0.212. The number of ether oxygens (including phenoxy) is 1. The van der Waals surface area contributed by atoms with Crippen molar-refractivity contribution in [3.63, 3.8) is 0 Å². The predicted octanol–water partition coefficient (Wildman–Crippen LogP) is 2.73. The van der Waals surface area contributed by atoms with Gasteiger partial charge in [-0.3, -0.25) is 0 Å². The Bertz CT molecular complexity index is 243. The molecule has 1 saturated heterocycles. The average molecular weight is 246 g/mol. The minimum Gasteiger partial charge on any atom is -0.454 e. The third-order valence-corrected chi connectivity index (χ3v) is 5.11. The summed E-state index contributed by atoms with van der Waals surface area (Å²) in [5, 5.41) is 0. The lowest BCUT2D eigenvalue weighted by molar-refractivity contribution is -0.150. The largest absolute Gasteiger partial charge is 0.454 e. The van der Waals surface area contributed by atoms with Gasteiger partial charge in [0.25, 0.3) is 0 Å². The maximum atomic E-state index is 11.5. The molecule has 0 radical (unpaired) electrons. The van der Waals surface area contributed by atoms with Gasteiger partial charge in [0, 0.05) is 28.6 Å². The van der Waals surface area contributed by atoms with Crippen LogP contribution in [0.25, 0.3) is 0 Å². The second-order valence-corrected chi connectivity index (χ2v) is 6.02. The first-order valence-electron chi connectivity index (χ1n) is 5.14. The molecule has 0 N–H and O–H groups in total. The van der Waals surface area contributed by atoms with Crippen molar-refractivity contribution in [2.45, 2.75) is 25.9 Å². The van der Waals surface area contributed by atoms with E-state index in [1.807, 2.05) is 23.5 Å². The fraction of sp³-hybridized carbons (Fsp3) is 0.727. The third-order valence-electron chi connectivity index (χ3n) is 2.40. The summed E-state index contributed by atoms with van der Waals surface area (Å²) in [6, 6.07) is 0. The minimum atomic E-state index is -0.276. The quantitative estimate of drug-likeness (QED) is 0.565. The van der Waals surface area contributed by atoms with Crippen molar-refractivity contribution in [1.29, 1.82) is 0 Å². The molecule has 86 valence electrons. The number of thioether (sulfide) groups is 2. The lowest BCUT2D eigenvalue weighted by Crippen LogP contribution is -2.39. The Labute approximate surface area is 100 Å². The highest BCUT2D eigenvalue weighted by molar-refractivity contribution is 8.03. The van der Waals surface area contributed by atoms with Gasteiger partial charge in [-0.15, -0.1) is 0 Å². The summed E-state index contributed by atoms with van der Waals surface area (Å²) in [6.07, 6.45) is 0.881. The van der Waals surface area contributed by atoms with Gasteiger partial charge in [0.15, 0.2) is 0 Å². The van der Waals surface area contributed by atoms with Crippen LogP contribution in [0.1, 0.15) is 20.3 Å². The molecule has 0 aliphatic carbocycles. The zero-order valence-electron chi connectivity index (χ0n) is 9.38. The summed E-state index contributed by atoms with van der Waals surface area (Å²) in [7, 11) is 0. The molecule has 0 unspecified atom stereocenters. The first-order chi connectivity index (χ1) is 7.09. The zero-order chi connectivity index (χ0) is 11.3. The first-order valence-corrected chi connectivity index (χ1v) is 7.45. The molecule has 0 amide bonds. The Hall–Kier alpha value is -0.0900. The van der Waals surface area contributed by atoms with Crippen molar-refractivity contribution in [3.8, 4) is 0 Å². The van der Waals surface area contributed by atoms with Crippen molar-refractivity contribution in [2.24, 2.45) is 0 Å². The van der Waals surface area contributed by atoms with E-state index in [1.54, 1.807) is 6.92 Å². The van der Waals surface area contributed by atoms with Gasteiger partial charge in [0.05, 0.1) is 0 Å². The average Bonchev–Trinajstić information content (AvgIpc) is 2.44. The Morgan fingerprint density at radius 2 is 1.93 bits per heavy atom. The highest BCUT2D eigenvalue weighted by atomic mass is 32.2. The fourth-order valence-corrected chi connectivity index (χ4v) is 4.13. The van der Waals surface area contributed by atoms with E-state index in [-0.39, 0.29) is 11.6 Å². The molecular weight excluding hydrogens is 228 g/mol. The zero-order valence-corrected chi connectivity index (χ0v) is 11.0. The van der Waals surface area contributed by atoms with Crippen molar-refractivity contribution in [3.05, 3.63) is 12.2 Å². The highest BCUT2D eigenvalue weighted by Gasteiger charge is 2.34. The van der Waals surface area contributed by atoms with Crippen LogP contribution in [0.5, 0.6) is 0 Å². The molecule has 2 nitrogen and oxygen atoms in total. The van der Waals surface area contributed by atoms with E-state index < -0.39 is 0 Å². The highest BCUT2D eigenvalue weighted by Crippen LogP contribution is 2.31. The number of rotatable bonds is 3. The Morgan fingerprint density at radius 3 is 2.33 bits per heavy atom. The standard InChI is InChI=1S/C11H18O2S2/c1-4-11(13-10(12)9(2)3)7-14-5-6-15-8-11/h2,4-8H2,1,3H3. The number of hydrogen-bond donors (Lipinski definition) is 0. The Balaban J connectivity index is 2.65. The molecule has 0 aromatic rings. The molecule has 0 atom stereocenters. The van der Waals surface area contributed by atoms with E-state index in [1.165, 1.54) is 0 Å². The molecule has 0 saturated carbocycles. The maximum Gasteiger partial charge on any atom is 0.333 e. The van der Waals surface area contributed by atoms with E-state index >= 15 is 0 Å². The molecule has 0 bridgehead atoms. The van der Waals surface area contributed by atoms with Gasteiger partial charge in [-0.2, -0.15) is 23.5 Å². The molecule has 15 heavy (non-hydrogen) atoms. The molecule has 1 aliphatic rings. The minimum absolute atomic E-state index is 0.250. The van der Waals surface area contributed by atoms with E-state index in [9.17, 15) is 4.79 Å². The van der Waals surface area contributed by atoms with Crippen molar-refractivity contribution in [2.75, 3.05) is 23.0 Å². The Kier molecular flexibility index (Phi) is 5.06. The van der Waals surface area contributed by atoms with Gasteiger partial charge in [0.1, 0.15) is 5.60 Å². The number of carbonyl (C=O) groups is 1. The second kappa shape index (κ2) is 5.85. The van der Waals surface area contributed by atoms with Crippen LogP contribution in [-0.2, 0) is 9.53 Å². The molecule has 0 aromatic carbocycles. The van der Waals surface area contributed by atoms with E-state index in [0.717, 1.165) is 29.4 Å². The van der Waals surface area contributed by atoms with Crippen LogP contribution >= 0.6 is 23.5 Å². The molecule has 1 heterocycles. The first kappa shape index (κ1) is 13.0. The van der Waals surface area contributed by atoms with Crippen LogP contribution in [0.4, 0.5) is 0 Å². The van der Waals surface area contributed by atoms with Crippen molar-refractivity contribution >= 4 is 29.5 Å². The predicted molar refractivity (Wildman–Crippen MR) is 68.6 cm³/mol. The molecule has 0 aromatic heterocycles. The van der Waals surface area contributed by atoms with Crippen LogP contribution in [0.2, 0.25) is 0 Å². The SMILES string of the molecule is C=C(C)C(=O)OC1(CC)CSCCSC1. The molecule has 0 spiro atoms. The summed E-state index contributed by atoms with van der Waals surface area (Å²) < 4.78 is 5.59. The van der Waals surface area contributed by atoms with Crippen LogP contribution in [0, 0.1) is 0 Å². The van der Waals surface area contributed by atoms with Gasteiger partial charge >= 0.3 is 5.97 Å². The van der Waals surface area contributed by atoms with E-state index in [0.29, 0.717) is 5.57 Å². The van der Waals surface area contributed by atoms with Crippen molar-refractivity contribution < 1.29 is 9.53 Å². The van der Waals surface area contributed by atoms with Crippen LogP contribution in [0.15, 0.2) is 12.2 Å². The van der Waals surface area contributed by atoms with Gasteiger partial charge in [0.2, 0.25) is 0 Å². The number of esters is 1. The lowest BCUT2D eigenvalue weighted by Gasteiger charge is -2.30. The maximum absolute atomic E-state index is 11.5. The molecule has 1 aliphatic heterocycles. The van der Waals surface area contributed by atoms with Gasteiger partial charge < -0.3 is 4.74 Å². The molecule has 1 fully saturated rings. The molecular formula is C11H18O2S2. The topological polar surface area (TPSA) is 26.3 Å². The summed E-state index contributed by atoms with van der Waals surface area (Å²) in [6.45, 7) is 7.40. The smallest absolute Gasteiger partial charge is 0.333 e. The normalized spacial score (nSPS) is 20.4. The molecule has 4 heteroatoms. The van der Waals surface area contributed by atoms with Crippen LogP contribution in [-0.4, -0.2) is 34.6 Å². The van der Waals surface area contributed by atoms with Crippen LogP contribution < -0.4 is 0 Å².